The lowest BCUT2D eigenvalue weighted by atomic mass is 9.92. The Hall–Kier alpha value is -2.08. The van der Waals surface area contributed by atoms with Crippen LogP contribution in [0.2, 0.25) is 0 Å². The topological polar surface area (TPSA) is 61.9 Å². The van der Waals surface area contributed by atoms with E-state index >= 15 is 0 Å². The minimum Gasteiger partial charge on any atom is -0.497 e. The second-order valence-corrected chi connectivity index (χ2v) is 9.33. The molecule has 2 saturated heterocycles. The lowest BCUT2D eigenvalue weighted by molar-refractivity contribution is -0.137. The second kappa shape index (κ2) is 12.2. The third-order valence-corrected chi connectivity index (χ3v) is 7.30. The summed E-state index contributed by atoms with van der Waals surface area (Å²) in [5.74, 6) is 1.54. The number of rotatable bonds is 9. The Balaban J connectivity index is 1.41. The molecule has 1 unspecified atom stereocenters. The van der Waals surface area contributed by atoms with Gasteiger partial charge in [0.1, 0.15) is 5.75 Å². The number of benzene rings is 1. The number of piperidine rings is 2. The van der Waals surface area contributed by atoms with E-state index in [1.165, 1.54) is 0 Å². The monoisotopic (exact) mass is 443 g/mol. The number of hydrogen-bond donors (Lipinski definition) is 1. The van der Waals surface area contributed by atoms with E-state index in [-0.39, 0.29) is 17.7 Å². The van der Waals surface area contributed by atoms with Crippen LogP contribution in [0.4, 0.5) is 5.69 Å². The van der Waals surface area contributed by atoms with Crippen LogP contribution in [-0.2, 0) is 9.59 Å². The number of ether oxygens (including phenoxy) is 1. The summed E-state index contributed by atoms with van der Waals surface area (Å²) in [7, 11) is 1.64. The molecular weight excluding hydrogens is 402 g/mol. The quantitative estimate of drug-likeness (QED) is 0.608. The van der Waals surface area contributed by atoms with E-state index in [9.17, 15) is 9.59 Å². The first-order valence-electron chi connectivity index (χ1n) is 12.5. The molecule has 2 heterocycles. The first kappa shape index (κ1) is 24.6. The molecule has 0 saturated carbocycles. The maximum atomic E-state index is 12.9. The molecule has 6 nitrogen and oxygen atoms in total. The zero-order valence-electron chi connectivity index (χ0n) is 20.1. The molecule has 0 aliphatic carbocycles. The van der Waals surface area contributed by atoms with Gasteiger partial charge in [-0.2, -0.15) is 0 Å². The number of nitrogens with one attached hydrogen (secondary N) is 1. The highest BCUT2D eigenvalue weighted by Crippen LogP contribution is 2.27. The van der Waals surface area contributed by atoms with Crippen molar-refractivity contribution in [3.05, 3.63) is 24.3 Å². The molecular formula is C26H41N3O3. The summed E-state index contributed by atoms with van der Waals surface area (Å²) in [5, 5.41) is 3.05. The summed E-state index contributed by atoms with van der Waals surface area (Å²) < 4.78 is 5.17. The van der Waals surface area contributed by atoms with Gasteiger partial charge in [-0.05, 0) is 75.9 Å². The lowest BCUT2D eigenvalue weighted by Gasteiger charge is -2.42. The van der Waals surface area contributed by atoms with Gasteiger partial charge in [-0.15, -0.1) is 0 Å². The smallest absolute Gasteiger partial charge is 0.227 e. The SMILES string of the molecule is CCCCC(CC)C(=O)N1CCC(N2CCC(C(=O)Nc3ccc(OC)cc3)CC2)CC1. The molecule has 2 amide bonds. The summed E-state index contributed by atoms with van der Waals surface area (Å²) in [5.41, 5.74) is 0.819. The van der Waals surface area contributed by atoms with E-state index < -0.39 is 0 Å². The molecule has 1 N–H and O–H groups in total. The summed E-state index contributed by atoms with van der Waals surface area (Å²) >= 11 is 0. The van der Waals surface area contributed by atoms with Crippen molar-refractivity contribution >= 4 is 17.5 Å². The molecule has 0 spiro atoms. The van der Waals surface area contributed by atoms with Crippen molar-refractivity contribution in [3.63, 3.8) is 0 Å². The van der Waals surface area contributed by atoms with Crippen molar-refractivity contribution in [3.8, 4) is 5.75 Å². The van der Waals surface area contributed by atoms with Gasteiger partial charge in [0.15, 0.2) is 0 Å². The molecule has 0 radical (unpaired) electrons. The number of carbonyl (C=O) groups excluding carboxylic acids is 2. The Morgan fingerprint density at radius 1 is 1.03 bits per heavy atom. The van der Waals surface area contributed by atoms with Crippen LogP contribution in [0.3, 0.4) is 0 Å². The highest BCUT2D eigenvalue weighted by molar-refractivity contribution is 5.92. The maximum absolute atomic E-state index is 12.9. The van der Waals surface area contributed by atoms with Crippen molar-refractivity contribution < 1.29 is 14.3 Å². The largest absolute Gasteiger partial charge is 0.497 e. The predicted octanol–water partition coefficient (Wildman–Crippen LogP) is 4.55. The summed E-state index contributed by atoms with van der Waals surface area (Å²) in [6.07, 6.45) is 8.17. The van der Waals surface area contributed by atoms with Crippen molar-refractivity contribution in [1.82, 2.24) is 9.80 Å². The van der Waals surface area contributed by atoms with E-state index in [1.807, 2.05) is 24.3 Å². The van der Waals surface area contributed by atoms with Crippen LogP contribution in [0, 0.1) is 11.8 Å². The molecule has 1 atom stereocenters. The Bertz CT molecular complexity index is 720. The molecule has 2 fully saturated rings. The molecule has 6 heteroatoms. The van der Waals surface area contributed by atoms with Crippen molar-refractivity contribution in [1.29, 1.82) is 0 Å². The van der Waals surface area contributed by atoms with Gasteiger partial charge >= 0.3 is 0 Å². The average Bonchev–Trinajstić information content (AvgIpc) is 2.85. The fraction of sp³-hybridized carbons (Fsp3) is 0.692. The molecule has 1 aromatic carbocycles. The van der Waals surface area contributed by atoms with Crippen molar-refractivity contribution in [2.24, 2.45) is 11.8 Å². The lowest BCUT2D eigenvalue weighted by Crippen LogP contribution is -2.50. The molecule has 1 aromatic rings. The van der Waals surface area contributed by atoms with Crippen molar-refractivity contribution in [2.45, 2.75) is 71.3 Å². The molecule has 2 aliphatic heterocycles. The van der Waals surface area contributed by atoms with E-state index in [4.69, 9.17) is 4.74 Å². The standard InChI is InChI=1S/C26H41N3O3/c1-4-6-7-20(5-2)26(31)29-18-14-23(15-19-29)28-16-12-21(13-17-28)25(30)27-22-8-10-24(32-3)11-9-22/h8-11,20-21,23H,4-7,12-19H2,1-3H3,(H,27,30). The van der Waals surface area contributed by atoms with E-state index in [1.54, 1.807) is 7.11 Å². The molecule has 0 aromatic heterocycles. The van der Waals surface area contributed by atoms with Gasteiger partial charge in [-0.3, -0.25) is 9.59 Å². The van der Waals surface area contributed by atoms with Crippen LogP contribution in [0.5, 0.6) is 5.75 Å². The van der Waals surface area contributed by atoms with Crippen LogP contribution in [-0.4, -0.2) is 60.9 Å². The van der Waals surface area contributed by atoms with Gasteiger partial charge < -0.3 is 19.9 Å². The average molecular weight is 444 g/mol. The highest BCUT2D eigenvalue weighted by Gasteiger charge is 2.32. The Morgan fingerprint density at radius 2 is 1.69 bits per heavy atom. The molecule has 2 aliphatic rings. The third-order valence-electron chi connectivity index (χ3n) is 7.30. The summed E-state index contributed by atoms with van der Waals surface area (Å²) in [4.78, 5) is 30.2. The first-order chi connectivity index (χ1) is 15.5. The Labute approximate surface area is 193 Å². The predicted molar refractivity (Wildman–Crippen MR) is 129 cm³/mol. The van der Waals surface area contributed by atoms with Gasteiger partial charge in [0, 0.05) is 36.7 Å². The number of hydrogen-bond acceptors (Lipinski definition) is 4. The Morgan fingerprint density at radius 3 is 2.25 bits per heavy atom. The second-order valence-electron chi connectivity index (χ2n) is 9.33. The zero-order chi connectivity index (χ0) is 22.9. The molecule has 0 bridgehead atoms. The minimum atomic E-state index is 0.0684. The fourth-order valence-corrected chi connectivity index (χ4v) is 5.11. The highest BCUT2D eigenvalue weighted by atomic mass is 16.5. The van der Waals surface area contributed by atoms with Crippen LogP contribution < -0.4 is 10.1 Å². The van der Waals surface area contributed by atoms with E-state index in [0.29, 0.717) is 11.9 Å². The van der Waals surface area contributed by atoms with Gasteiger partial charge in [-0.25, -0.2) is 0 Å². The number of unbranched alkanes of at least 4 members (excludes halogenated alkanes) is 1. The van der Waals surface area contributed by atoms with Crippen LogP contribution in [0.1, 0.15) is 65.2 Å². The number of likely N-dealkylation sites (tertiary alicyclic amines) is 2. The van der Waals surface area contributed by atoms with Gasteiger partial charge in [0.2, 0.25) is 11.8 Å². The van der Waals surface area contributed by atoms with Crippen LogP contribution in [0.15, 0.2) is 24.3 Å². The minimum absolute atomic E-state index is 0.0684. The number of amides is 2. The van der Waals surface area contributed by atoms with Crippen LogP contribution >= 0.6 is 0 Å². The molecule has 178 valence electrons. The van der Waals surface area contributed by atoms with E-state index in [0.717, 1.165) is 89.0 Å². The van der Waals surface area contributed by atoms with E-state index in [2.05, 4.69) is 29.0 Å². The first-order valence-corrected chi connectivity index (χ1v) is 12.5. The van der Waals surface area contributed by atoms with Gasteiger partial charge in [0.25, 0.3) is 0 Å². The summed E-state index contributed by atoms with van der Waals surface area (Å²) in [6.45, 7) is 8.02. The number of nitrogens with zero attached hydrogens (tertiary/aromatic N) is 2. The normalized spacial score (nSPS) is 19.5. The molecule has 3 rings (SSSR count). The van der Waals surface area contributed by atoms with Crippen LogP contribution in [0.25, 0.3) is 0 Å². The van der Waals surface area contributed by atoms with Crippen molar-refractivity contribution in [2.75, 3.05) is 38.6 Å². The van der Waals surface area contributed by atoms with Gasteiger partial charge in [0.05, 0.1) is 7.11 Å². The fourth-order valence-electron chi connectivity index (χ4n) is 5.11. The number of methoxy groups -OCH3 is 1. The number of carbonyl (C=O) groups is 2. The summed E-state index contributed by atoms with van der Waals surface area (Å²) in [6, 6.07) is 8.03. The zero-order valence-corrected chi connectivity index (χ0v) is 20.1. The maximum Gasteiger partial charge on any atom is 0.227 e. The molecule has 32 heavy (non-hydrogen) atoms. The number of anilines is 1. The van der Waals surface area contributed by atoms with Gasteiger partial charge in [-0.1, -0.05) is 26.7 Å². The third kappa shape index (κ3) is 6.47. The Kier molecular flexibility index (Phi) is 9.39.